The van der Waals surface area contributed by atoms with E-state index >= 15 is 0 Å². The summed E-state index contributed by atoms with van der Waals surface area (Å²) < 4.78 is 28.6. The average molecular weight is 297 g/mol. The molecule has 0 aliphatic carbocycles. The van der Waals surface area contributed by atoms with Crippen molar-refractivity contribution in [2.24, 2.45) is 0 Å². The maximum Gasteiger partial charge on any atom is 0.304 e. The van der Waals surface area contributed by atoms with Gasteiger partial charge < -0.3 is 5.73 Å². The van der Waals surface area contributed by atoms with Crippen molar-refractivity contribution < 1.29 is 8.42 Å². The van der Waals surface area contributed by atoms with Gasteiger partial charge in [0, 0.05) is 19.6 Å². The van der Waals surface area contributed by atoms with E-state index in [0.717, 1.165) is 25.7 Å². The van der Waals surface area contributed by atoms with Crippen molar-refractivity contribution in [1.82, 2.24) is 4.31 Å². The van der Waals surface area contributed by atoms with Crippen molar-refractivity contribution in [3.8, 4) is 0 Å². The van der Waals surface area contributed by atoms with Crippen LogP contribution in [0.25, 0.3) is 0 Å². The Labute approximate surface area is 121 Å². The van der Waals surface area contributed by atoms with E-state index in [-0.39, 0.29) is 0 Å². The largest absolute Gasteiger partial charge is 0.397 e. The second-order valence-corrected chi connectivity index (χ2v) is 6.90. The third-order valence-corrected chi connectivity index (χ3v) is 5.69. The first-order valence-electron chi connectivity index (χ1n) is 7.19. The van der Waals surface area contributed by atoms with Crippen LogP contribution < -0.4 is 10.0 Å². The fourth-order valence-electron chi connectivity index (χ4n) is 2.58. The molecule has 1 aromatic rings. The fraction of sp³-hybridized carbons (Fsp3) is 0.571. The molecule has 0 saturated carbocycles. The van der Waals surface area contributed by atoms with E-state index in [1.54, 1.807) is 16.4 Å². The van der Waals surface area contributed by atoms with Gasteiger partial charge in [-0.05, 0) is 31.9 Å². The van der Waals surface area contributed by atoms with Crippen molar-refractivity contribution in [3.05, 3.63) is 24.3 Å². The predicted octanol–water partition coefficient (Wildman–Crippen LogP) is 2.22. The van der Waals surface area contributed by atoms with Gasteiger partial charge in [0.05, 0.1) is 11.4 Å². The Balaban J connectivity index is 2.32. The van der Waals surface area contributed by atoms with Gasteiger partial charge in [-0.2, -0.15) is 12.7 Å². The van der Waals surface area contributed by atoms with Gasteiger partial charge in [-0.3, -0.25) is 4.31 Å². The highest BCUT2D eigenvalue weighted by atomic mass is 32.2. The summed E-state index contributed by atoms with van der Waals surface area (Å²) in [5.74, 6) is 0. The van der Waals surface area contributed by atoms with Crippen LogP contribution in [0.15, 0.2) is 24.3 Å². The summed E-state index contributed by atoms with van der Waals surface area (Å²) >= 11 is 0. The molecule has 1 aliphatic rings. The van der Waals surface area contributed by atoms with Crippen LogP contribution in [-0.4, -0.2) is 32.4 Å². The standard InChI is InChI=1S/C14H23N3O2S/c1-2-17(14-10-6-5-9-13(14)15)20(18,19)16-11-7-3-4-8-12-16/h5-6,9-10H,2-4,7-8,11-12,15H2,1H3. The topological polar surface area (TPSA) is 66.6 Å². The van der Waals surface area contributed by atoms with Crippen molar-refractivity contribution in [3.63, 3.8) is 0 Å². The Bertz CT molecular complexity index is 537. The minimum absolute atomic E-state index is 0.382. The predicted molar refractivity (Wildman–Crippen MR) is 82.8 cm³/mol. The summed E-state index contributed by atoms with van der Waals surface area (Å²) in [7, 11) is -3.49. The Morgan fingerprint density at radius 2 is 1.75 bits per heavy atom. The fourth-order valence-corrected chi connectivity index (χ4v) is 4.32. The van der Waals surface area contributed by atoms with Crippen LogP contribution in [0.2, 0.25) is 0 Å². The first-order valence-corrected chi connectivity index (χ1v) is 8.59. The molecule has 0 bridgehead atoms. The Kier molecular flexibility index (Phi) is 4.88. The molecule has 6 heteroatoms. The molecule has 1 aliphatic heterocycles. The quantitative estimate of drug-likeness (QED) is 0.867. The zero-order valence-electron chi connectivity index (χ0n) is 12.0. The van der Waals surface area contributed by atoms with Crippen LogP contribution in [-0.2, 0) is 10.2 Å². The summed E-state index contributed by atoms with van der Waals surface area (Å²) in [6.45, 7) is 3.42. The molecule has 1 heterocycles. The van der Waals surface area contributed by atoms with Gasteiger partial charge in [0.25, 0.3) is 0 Å². The second kappa shape index (κ2) is 6.45. The summed E-state index contributed by atoms with van der Waals surface area (Å²) in [5, 5.41) is 0. The summed E-state index contributed by atoms with van der Waals surface area (Å²) in [6.07, 6.45) is 4.07. The van der Waals surface area contributed by atoms with Crippen LogP contribution in [0.3, 0.4) is 0 Å². The summed E-state index contributed by atoms with van der Waals surface area (Å²) in [6, 6.07) is 7.11. The van der Waals surface area contributed by atoms with E-state index in [1.165, 1.54) is 4.31 Å². The highest BCUT2D eigenvalue weighted by Gasteiger charge is 2.30. The molecule has 0 amide bonds. The number of nitrogens with zero attached hydrogens (tertiary/aromatic N) is 2. The maximum absolute atomic E-state index is 12.8. The molecular weight excluding hydrogens is 274 g/mol. The number of anilines is 2. The third-order valence-electron chi connectivity index (χ3n) is 3.66. The zero-order valence-corrected chi connectivity index (χ0v) is 12.8. The molecule has 1 aromatic carbocycles. The van der Waals surface area contributed by atoms with Gasteiger partial charge in [0.1, 0.15) is 0 Å². The van der Waals surface area contributed by atoms with Crippen molar-refractivity contribution >= 4 is 21.6 Å². The zero-order chi connectivity index (χ0) is 14.6. The van der Waals surface area contributed by atoms with Crippen LogP contribution in [0.5, 0.6) is 0 Å². The molecule has 20 heavy (non-hydrogen) atoms. The number of hydrogen-bond acceptors (Lipinski definition) is 3. The highest BCUT2D eigenvalue weighted by Crippen LogP contribution is 2.27. The first-order chi connectivity index (χ1) is 9.57. The van der Waals surface area contributed by atoms with E-state index < -0.39 is 10.2 Å². The summed E-state index contributed by atoms with van der Waals surface area (Å²) in [4.78, 5) is 0. The molecule has 2 rings (SSSR count). The molecule has 0 unspecified atom stereocenters. The molecule has 1 saturated heterocycles. The number of benzene rings is 1. The number of nitrogen functional groups attached to an aromatic ring is 1. The average Bonchev–Trinajstić information content (AvgIpc) is 2.71. The minimum atomic E-state index is -3.49. The first kappa shape index (κ1) is 15.1. The molecule has 2 N–H and O–H groups in total. The lowest BCUT2D eigenvalue weighted by Gasteiger charge is -2.30. The minimum Gasteiger partial charge on any atom is -0.397 e. The molecule has 0 atom stereocenters. The lowest BCUT2D eigenvalue weighted by atomic mass is 10.2. The van der Waals surface area contributed by atoms with Crippen LogP contribution in [0.4, 0.5) is 11.4 Å². The maximum atomic E-state index is 12.8. The van der Waals surface area contributed by atoms with Crippen molar-refractivity contribution in [2.75, 3.05) is 29.7 Å². The third kappa shape index (κ3) is 3.07. The molecule has 1 fully saturated rings. The van der Waals surface area contributed by atoms with Crippen molar-refractivity contribution in [2.45, 2.75) is 32.6 Å². The smallest absolute Gasteiger partial charge is 0.304 e. The SMILES string of the molecule is CCN(c1ccccc1N)S(=O)(=O)N1CCCCCC1. The number of nitrogens with two attached hydrogens (primary N) is 1. The van der Waals surface area contributed by atoms with Gasteiger partial charge in [-0.15, -0.1) is 0 Å². The van der Waals surface area contributed by atoms with Gasteiger partial charge in [0.2, 0.25) is 0 Å². The molecule has 0 radical (unpaired) electrons. The highest BCUT2D eigenvalue weighted by molar-refractivity contribution is 7.90. The molecular formula is C14H23N3O2S. The summed E-state index contributed by atoms with van der Waals surface area (Å²) in [5.41, 5.74) is 6.99. The normalized spacial score (nSPS) is 17.6. The van der Waals surface area contributed by atoms with E-state index in [1.807, 2.05) is 19.1 Å². The van der Waals surface area contributed by atoms with Gasteiger partial charge >= 0.3 is 10.2 Å². The Morgan fingerprint density at radius 3 is 2.30 bits per heavy atom. The lowest BCUT2D eigenvalue weighted by molar-refractivity contribution is 0.421. The second-order valence-electron chi connectivity index (χ2n) is 5.04. The Hall–Kier alpha value is -1.27. The molecule has 5 nitrogen and oxygen atoms in total. The van der Waals surface area contributed by atoms with Crippen molar-refractivity contribution in [1.29, 1.82) is 0 Å². The van der Waals surface area contributed by atoms with Crippen LogP contribution in [0, 0.1) is 0 Å². The van der Waals surface area contributed by atoms with Gasteiger partial charge in [-0.1, -0.05) is 25.0 Å². The van der Waals surface area contributed by atoms with E-state index in [0.29, 0.717) is 31.0 Å². The Morgan fingerprint density at radius 1 is 1.15 bits per heavy atom. The van der Waals surface area contributed by atoms with Gasteiger partial charge in [-0.25, -0.2) is 0 Å². The molecule has 0 spiro atoms. The van der Waals surface area contributed by atoms with Crippen LogP contribution in [0.1, 0.15) is 32.6 Å². The molecule has 0 aromatic heterocycles. The number of rotatable bonds is 4. The number of hydrogen-bond donors (Lipinski definition) is 1. The molecule has 112 valence electrons. The monoisotopic (exact) mass is 297 g/mol. The van der Waals surface area contributed by atoms with E-state index in [9.17, 15) is 8.42 Å². The number of para-hydroxylation sites is 2. The van der Waals surface area contributed by atoms with Crippen LogP contribution >= 0.6 is 0 Å². The lowest BCUT2D eigenvalue weighted by Crippen LogP contribution is -2.44. The van der Waals surface area contributed by atoms with E-state index in [4.69, 9.17) is 5.73 Å². The van der Waals surface area contributed by atoms with E-state index in [2.05, 4.69) is 0 Å². The van der Waals surface area contributed by atoms with Gasteiger partial charge in [0.15, 0.2) is 0 Å².